The maximum Gasteiger partial charge on any atom is 0.246 e. The summed E-state index contributed by atoms with van der Waals surface area (Å²) in [6.45, 7) is 2.37. The van der Waals surface area contributed by atoms with Crippen LogP contribution in [0.2, 0.25) is 0 Å². The number of aromatic nitrogens is 1. The predicted molar refractivity (Wildman–Crippen MR) is 118 cm³/mol. The van der Waals surface area contributed by atoms with E-state index in [1.807, 2.05) is 0 Å². The molecule has 0 aliphatic carbocycles. The Morgan fingerprint density at radius 1 is 1.12 bits per heavy atom. The van der Waals surface area contributed by atoms with Gasteiger partial charge in [-0.1, -0.05) is 6.07 Å². The summed E-state index contributed by atoms with van der Waals surface area (Å²) in [6, 6.07) is 7.51. The fourth-order valence-corrected chi connectivity index (χ4v) is 5.35. The van der Waals surface area contributed by atoms with Crippen LogP contribution in [-0.4, -0.2) is 59.8 Å². The lowest BCUT2D eigenvalue weighted by molar-refractivity contribution is -0.132. The van der Waals surface area contributed by atoms with Gasteiger partial charge in [-0.25, -0.2) is 22.2 Å². The van der Waals surface area contributed by atoms with Gasteiger partial charge in [0.2, 0.25) is 15.9 Å². The second kappa shape index (κ2) is 9.51. The quantitative estimate of drug-likeness (QED) is 0.568. The topological polar surface area (TPSA) is 104 Å². The zero-order chi connectivity index (χ0) is 24.5. The molecule has 0 atom stereocenters. The SMILES string of the molecule is Cc1ccc(O)c(S(=O)(=O)N2CCN(C(=O)CCc3ncc(-c4ccc(F)cc4F)o3)CC2)c1. The molecule has 0 spiro atoms. The fourth-order valence-electron chi connectivity index (χ4n) is 3.76. The molecule has 0 unspecified atom stereocenters. The first kappa shape index (κ1) is 23.8. The van der Waals surface area contributed by atoms with Crippen LogP contribution in [0.15, 0.2) is 51.9 Å². The number of benzene rings is 2. The van der Waals surface area contributed by atoms with Crippen LogP contribution in [0.3, 0.4) is 0 Å². The number of amides is 1. The molecule has 1 aliphatic rings. The van der Waals surface area contributed by atoms with Crippen LogP contribution < -0.4 is 0 Å². The van der Waals surface area contributed by atoms with E-state index in [1.165, 1.54) is 28.7 Å². The van der Waals surface area contributed by atoms with Crippen molar-refractivity contribution in [3.8, 4) is 17.1 Å². The lowest BCUT2D eigenvalue weighted by atomic mass is 10.2. The zero-order valence-corrected chi connectivity index (χ0v) is 19.2. The van der Waals surface area contributed by atoms with E-state index in [2.05, 4.69) is 4.98 Å². The number of nitrogens with zero attached hydrogens (tertiary/aromatic N) is 3. The van der Waals surface area contributed by atoms with Crippen molar-refractivity contribution < 1.29 is 31.5 Å². The zero-order valence-electron chi connectivity index (χ0n) is 18.4. The summed E-state index contributed by atoms with van der Waals surface area (Å²) in [5.41, 5.74) is 0.783. The van der Waals surface area contributed by atoms with E-state index in [0.717, 1.165) is 12.1 Å². The highest BCUT2D eigenvalue weighted by molar-refractivity contribution is 7.89. The normalized spacial score (nSPS) is 15.0. The smallest absolute Gasteiger partial charge is 0.246 e. The van der Waals surface area contributed by atoms with Gasteiger partial charge in [0.05, 0.1) is 11.8 Å². The molecule has 2 heterocycles. The molecule has 1 aromatic heterocycles. The number of aryl methyl sites for hydroxylation is 2. The van der Waals surface area contributed by atoms with Crippen molar-refractivity contribution in [1.29, 1.82) is 0 Å². The Morgan fingerprint density at radius 3 is 2.56 bits per heavy atom. The second-order valence-corrected chi connectivity index (χ2v) is 9.90. The standard InChI is InChI=1S/C23H23F2N3O5S/c1-15-2-5-19(29)21(12-15)34(31,32)28-10-8-27(9-11-28)23(30)7-6-22-26-14-20(33-22)17-4-3-16(24)13-18(17)25/h2-5,12-14,29H,6-11H2,1H3. The lowest BCUT2D eigenvalue weighted by Gasteiger charge is -2.34. The lowest BCUT2D eigenvalue weighted by Crippen LogP contribution is -2.50. The number of phenolic OH excluding ortho intramolecular Hbond substituents is 1. The number of hydrogen-bond acceptors (Lipinski definition) is 6. The van der Waals surface area contributed by atoms with Crippen molar-refractivity contribution in [3.63, 3.8) is 0 Å². The first-order valence-corrected chi connectivity index (χ1v) is 12.1. The average molecular weight is 492 g/mol. The van der Waals surface area contributed by atoms with E-state index in [-0.39, 0.29) is 72.8 Å². The molecule has 0 saturated carbocycles. The number of phenols is 1. The van der Waals surface area contributed by atoms with E-state index >= 15 is 0 Å². The molecular formula is C23H23F2N3O5S. The maximum absolute atomic E-state index is 13.9. The molecular weight excluding hydrogens is 468 g/mol. The molecule has 3 aromatic rings. The van der Waals surface area contributed by atoms with Gasteiger partial charge in [0, 0.05) is 45.1 Å². The van der Waals surface area contributed by atoms with Crippen molar-refractivity contribution in [2.24, 2.45) is 0 Å². The van der Waals surface area contributed by atoms with Crippen LogP contribution in [-0.2, 0) is 21.2 Å². The van der Waals surface area contributed by atoms with Gasteiger partial charge < -0.3 is 14.4 Å². The van der Waals surface area contributed by atoms with Gasteiger partial charge >= 0.3 is 0 Å². The molecule has 1 saturated heterocycles. The van der Waals surface area contributed by atoms with E-state index < -0.39 is 21.7 Å². The molecule has 8 nitrogen and oxygen atoms in total. The maximum atomic E-state index is 13.9. The molecule has 0 bridgehead atoms. The number of oxazole rings is 1. The summed E-state index contributed by atoms with van der Waals surface area (Å²) < 4.78 is 59.6. The Morgan fingerprint density at radius 2 is 1.85 bits per heavy atom. The molecule has 34 heavy (non-hydrogen) atoms. The van der Waals surface area contributed by atoms with Gasteiger partial charge in [-0.15, -0.1) is 0 Å². The number of piperazine rings is 1. The van der Waals surface area contributed by atoms with Gasteiger partial charge in [0.15, 0.2) is 11.7 Å². The highest BCUT2D eigenvalue weighted by Gasteiger charge is 2.32. The molecule has 1 N–H and O–H groups in total. The predicted octanol–water partition coefficient (Wildman–Crippen LogP) is 3.10. The number of sulfonamides is 1. The number of hydrogen-bond donors (Lipinski definition) is 1. The second-order valence-electron chi connectivity index (χ2n) is 8.00. The highest BCUT2D eigenvalue weighted by Crippen LogP contribution is 2.28. The van der Waals surface area contributed by atoms with E-state index in [4.69, 9.17) is 4.42 Å². The number of aromatic hydroxyl groups is 1. The van der Waals surface area contributed by atoms with Crippen molar-refractivity contribution in [2.75, 3.05) is 26.2 Å². The number of carbonyl (C=O) groups excluding carboxylic acids is 1. The van der Waals surface area contributed by atoms with Crippen LogP contribution in [0.1, 0.15) is 17.9 Å². The average Bonchev–Trinajstić information content (AvgIpc) is 3.27. The summed E-state index contributed by atoms with van der Waals surface area (Å²) in [5, 5.41) is 10.00. The van der Waals surface area contributed by atoms with Crippen LogP contribution >= 0.6 is 0 Å². The van der Waals surface area contributed by atoms with E-state index in [1.54, 1.807) is 17.9 Å². The minimum Gasteiger partial charge on any atom is -0.507 e. The number of rotatable bonds is 6. The minimum atomic E-state index is -3.88. The first-order valence-electron chi connectivity index (χ1n) is 10.6. The van der Waals surface area contributed by atoms with Crippen molar-refractivity contribution in [2.45, 2.75) is 24.7 Å². The molecule has 1 amide bonds. The number of carbonyl (C=O) groups is 1. The fraction of sp³-hybridized carbons (Fsp3) is 0.304. The Bertz CT molecular complexity index is 1320. The monoisotopic (exact) mass is 491 g/mol. The highest BCUT2D eigenvalue weighted by atomic mass is 32.2. The van der Waals surface area contributed by atoms with Gasteiger partial charge in [0.25, 0.3) is 0 Å². The Labute approximate surface area is 195 Å². The van der Waals surface area contributed by atoms with Crippen molar-refractivity contribution in [1.82, 2.24) is 14.2 Å². The Kier molecular flexibility index (Phi) is 6.67. The third-order valence-electron chi connectivity index (χ3n) is 5.63. The molecule has 0 radical (unpaired) electrons. The Hall–Kier alpha value is -3.31. The van der Waals surface area contributed by atoms with E-state index in [9.17, 15) is 27.1 Å². The molecule has 4 rings (SSSR count). The molecule has 1 aliphatic heterocycles. The summed E-state index contributed by atoms with van der Waals surface area (Å²) >= 11 is 0. The molecule has 2 aromatic carbocycles. The van der Waals surface area contributed by atoms with Crippen molar-refractivity contribution in [3.05, 3.63) is 65.7 Å². The Balaban J connectivity index is 1.33. The summed E-state index contributed by atoms with van der Waals surface area (Å²) in [5.74, 6) is -1.60. The van der Waals surface area contributed by atoms with Gasteiger partial charge in [-0.2, -0.15) is 4.31 Å². The van der Waals surface area contributed by atoms with Gasteiger partial charge in [0.1, 0.15) is 22.3 Å². The summed E-state index contributed by atoms with van der Waals surface area (Å²) in [6.07, 6.45) is 1.58. The number of halogens is 2. The molecule has 11 heteroatoms. The van der Waals surface area contributed by atoms with Crippen LogP contribution in [0, 0.1) is 18.6 Å². The van der Waals surface area contributed by atoms with Gasteiger partial charge in [-0.3, -0.25) is 4.79 Å². The minimum absolute atomic E-state index is 0.0726. The third kappa shape index (κ3) is 4.95. The van der Waals surface area contributed by atoms with Gasteiger partial charge in [-0.05, 0) is 36.8 Å². The summed E-state index contributed by atoms with van der Waals surface area (Å²) in [4.78, 5) is 18.1. The largest absolute Gasteiger partial charge is 0.507 e. The molecule has 1 fully saturated rings. The van der Waals surface area contributed by atoms with Crippen LogP contribution in [0.25, 0.3) is 11.3 Å². The third-order valence-corrected chi connectivity index (χ3v) is 7.56. The van der Waals surface area contributed by atoms with E-state index in [0.29, 0.717) is 5.56 Å². The summed E-state index contributed by atoms with van der Waals surface area (Å²) in [7, 11) is -3.88. The van der Waals surface area contributed by atoms with Crippen LogP contribution in [0.4, 0.5) is 8.78 Å². The van der Waals surface area contributed by atoms with Crippen molar-refractivity contribution >= 4 is 15.9 Å². The van der Waals surface area contributed by atoms with Crippen LogP contribution in [0.5, 0.6) is 5.75 Å². The first-order chi connectivity index (χ1) is 16.1. The molecule has 180 valence electrons.